The third-order valence-electron chi connectivity index (χ3n) is 4.98. The van der Waals surface area contributed by atoms with E-state index >= 15 is 0 Å². The summed E-state index contributed by atoms with van der Waals surface area (Å²) < 4.78 is 0.347. The molecule has 0 atom stereocenters. The molecule has 0 bridgehead atoms. The summed E-state index contributed by atoms with van der Waals surface area (Å²) in [5.41, 5.74) is 5.50. The molecule has 0 spiro atoms. The van der Waals surface area contributed by atoms with Crippen LogP contribution in [0.15, 0.2) is 0 Å². The zero-order chi connectivity index (χ0) is 19.5. The van der Waals surface area contributed by atoms with E-state index in [1.165, 1.54) is 64.2 Å². The fourth-order valence-electron chi connectivity index (χ4n) is 3.29. The fraction of sp³-hybridized carbons (Fsp3) is 0.955. The van der Waals surface area contributed by atoms with Crippen LogP contribution in [-0.2, 0) is 9.63 Å². The maximum Gasteiger partial charge on any atom is 0.366 e. The van der Waals surface area contributed by atoms with Crippen molar-refractivity contribution in [3.05, 3.63) is 0 Å². The van der Waals surface area contributed by atoms with Crippen LogP contribution in [0.2, 0.25) is 0 Å². The normalized spacial score (nSPS) is 11.3. The van der Waals surface area contributed by atoms with Crippen LogP contribution in [0.1, 0.15) is 110 Å². The number of rotatable bonds is 19. The molecular weight excluding hydrogens is 404 g/mol. The third-order valence-corrected chi connectivity index (χ3v) is 4.98. The Morgan fingerprint density at radius 3 is 1.70 bits per heavy atom. The first kappa shape index (κ1) is 29.1. The molecule has 0 unspecified atom stereocenters. The lowest BCUT2D eigenvalue weighted by Crippen LogP contribution is -3.00. The average Bonchev–Trinajstić information content (AvgIpc) is 2.59. The molecule has 0 fully saturated rings. The van der Waals surface area contributed by atoms with Crippen LogP contribution >= 0.6 is 0 Å². The Balaban J connectivity index is 0. The zero-order valence-electron chi connectivity index (χ0n) is 18.4. The molecule has 2 N–H and O–H groups in total. The van der Waals surface area contributed by atoms with Crippen molar-refractivity contribution >= 4 is 5.97 Å². The maximum atomic E-state index is 12.0. The van der Waals surface area contributed by atoms with Gasteiger partial charge in [0.2, 0.25) is 0 Å². The van der Waals surface area contributed by atoms with Gasteiger partial charge in [-0.05, 0) is 25.8 Å². The van der Waals surface area contributed by atoms with Gasteiger partial charge >= 0.3 is 5.97 Å². The minimum Gasteiger partial charge on any atom is -1.00 e. The van der Waals surface area contributed by atoms with Crippen molar-refractivity contribution in [1.29, 1.82) is 0 Å². The van der Waals surface area contributed by atoms with Gasteiger partial charge in [-0.1, -0.05) is 77.6 Å². The lowest BCUT2D eigenvalue weighted by molar-refractivity contribution is -1.06. The number of nitrogens with zero attached hydrogens (tertiary/aromatic N) is 1. The SMILES string of the molecule is CCCCCCCCCCCCCC(=O)O[N+](C)(C)CCCCCCN.[Br-]. The molecule has 0 aromatic heterocycles. The van der Waals surface area contributed by atoms with Gasteiger partial charge in [0.05, 0.1) is 6.42 Å². The van der Waals surface area contributed by atoms with Gasteiger partial charge in [-0.2, -0.15) is 0 Å². The van der Waals surface area contributed by atoms with E-state index in [0.717, 1.165) is 45.2 Å². The monoisotopic (exact) mass is 450 g/mol. The van der Waals surface area contributed by atoms with Crippen LogP contribution in [0.4, 0.5) is 0 Å². The topological polar surface area (TPSA) is 52.3 Å². The molecule has 0 saturated carbocycles. The van der Waals surface area contributed by atoms with E-state index in [2.05, 4.69) is 6.92 Å². The molecule has 0 aliphatic heterocycles. The van der Waals surface area contributed by atoms with E-state index in [0.29, 0.717) is 11.1 Å². The van der Waals surface area contributed by atoms with Crippen molar-refractivity contribution in [2.75, 3.05) is 27.2 Å². The van der Waals surface area contributed by atoms with E-state index in [1.807, 2.05) is 14.1 Å². The number of hydroxylamine groups is 3. The average molecular weight is 452 g/mol. The van der Waals surface area contributed by atoms with Gasteiger partial charge < -0.3 is 22.7 Å². The molecule has 0 amide bonds. The van der Waals surface area contributed by atoms with Crippen molar-refractivity contribution in [3.63, 3.8) is 0 Å². The summed E-state index contributed by atoms with van der Waals surface area (Å²) in [6.07, 6.45) is 19.4. The van der Waals surface area contributed by atoms with Gasteiger partial charge in [0.25, 0.3) is 0 Å². The molecule has 0 aromatic rings. The van der Waals surface area contributed by atoms with E-state index in [-0.39, 0.29) is 23.0 Å². The highest BCUT2D eigenvalue weighted by atomic mass is 79.9. The van der Waals surface area contributed by atoms with Crippen molar-refractivity contribution in [1.82, 2.24) is 0 Å². The molecule has 0 aliphatic rings. The number of quaternary nitrogens is 1. The first-order valence-electron chi connectivity index (χ1n) is 11.3. The zero-order valence-corrected chi connectivity index (χ0v) is 20.0. The molecule has 0 saturated heterocycles. The standard InChI is InChI=1S/C22H47N2O2.BrH/c1-4-5-6-7-8-9-10-11-12-13-16-19-22(25)26-24(2,3)21-18-15-14-17-20-23;/h4-21,23H2,1-3H3;1H/q+1;/p-1. The van der Waals surface area contributed by atoms with Gasteiger partial charge in [-0.25, -0.2) is 4.79 Å². The summed E-state index contributed by atoms with van der Waals surface area (Å²) in [4.78, 5) is 17.6. The molecule has 0 aliphatic carbocycles. The van der Waals surface area contributed by atoms with Crippen molar-refractivity contribution < 1.29 is 31.3 Å². The van der Waals surface area contributed by atoms with Gasteiger partial charge in [-0.15, -0.1) is 4.65 Å². The number of carbonyl (C=O) groups is 1. The molecule has 164 valence electrons. The molecule has 27 heavy (non-hydrogen) atoms. The smallest absolute Gasteiger partial charge is 0.366 e. The Kier molecular flexibility index (Phi) is 22.2. The number of hydrogen-bond donors (Lipinski definition) is 1. The summed E-state index contributed by atoms with van der Waals surface area (Å²) in [5.74, 6) is -0.0483. The summed E-state index contributed by atoms with van der Waals surface area (Å²) >= 11 is 0. The Hall–Kier alpha value is -0.130. The van der Waals surface area contributed by atoms with Crippen molar-refractivity contribution in [2.24, 2.45) is 5.73 Å². The largest absolute Gasteiger partial charge is 1.00 e. The lowest BCUT2D eigenvalue weighted by Gasteiger charge is -2.26. The Morgan fingerprint density at radius 2 is 1.19 bits per heavy atom. The molecule has 0 rings (SSSR count). The first-order chi connectivity index (χ1) is 12.5. The second kappa shape index (κ2) is 20.6. The molecule has 0 radical (unpaired) electrons. The lowest BCUT2D eigenvalue weighted by atomic mass is 10.1. The first-order valence-corrected chi connectivity index (χ1v) is 11.3. The Bertz CT molecular complexity index is 325. The highest BCUT2D eigenvalue weighted by Crippen LogP contribution is 2.13. The molecule has 0 aromatic carbocycles. The van der Waals surface area contributed by atoms with E-state index < -0.39 is 0 Å². The summed E-state index contributed by atoms with van der Waals surface area (Å²) in [7, 11) is 3.95. The van der Waals surface area contributed by atoms with Gasteiger partial charge in [0.15, 0.2) is 0 Å². The van der Waals surface area contributed by atoms with Crippen molar-refractivity contribution in [3.8, 4) is 0 Å². The van der Waals surface area contributed by atoms with Gasteiger partial charge in [0, 0.05) is 6.42 Å². The van der Waals surface area contributed by atoms with Crippen LogP contribution < -0.4 is 22.7 Å². The van der Waals surface area contributed by atoms with Crippen LogP contribution in [0, 0.1) is 0 Å². The predicted octanol–water partition coefficient (Wildman–Crippen LogP) is 2.75. The van der Waals surface area contributed by atoms with Gasteiger partial charge in [-0.3, -0.25) is 4.84 Å². The summed E-state index contributed by atoms with van der Waals surface area (Å²) in [6.45, 7) is 3.92. The second-order valence-corrected chi connectivity index (χ2v) is 8.25. The van der Waals surface area contributed by atoms with Crippen LogP contribution in [0.5, 0.6) is 0 Å². The van der Waals surface area contributed by atoms with Crippen LogP contribution in [0.25, 0.3) is 0 Å². The second-order valence-electron chi connectivity index (χ2n) is 8.25. The number of hydrogen-bond acceptors (Lipinski definition) is 3. The number of nitrogens with two attached hydrogens (primary N) is 1. The molecule has 5 heteroatoms. The minimum atomic E-state index is -0.0483. The number of carbonyl (C=O) groups excluding carboxylic acids is 1. The molecule has 4 nitrogen and oxygen atoms in total. The Morgan fingerprint density at radius 1 is 0.741 bits per heavy atom. The number of halogens is 1. The quantitative estimate of drug-likeness (QED) is 0.187. The highest BCUT2D eigenvalue weighted by molar-refractivity contribution is 5.68. The molecular formula is C22H47BrN2O2. The summed E-state index contributed by atoms with van der Waals surface area (Å²) in [5, 5.41) is 0. The fourth-order valence-corrected chi connectivity index (χ4v) is 3.29. The predicted molar refractivity (Wildman–Crippen MR) is 112 cm³/mol. The van der Waals surface area contributed by atoms with E-state index in [4.69, 9.17) is 10.6 Å². The maximum absolute atomic E-state index is 12.0. The highest BCUT2D eigenvalue weighted by Gasteiger charge is 2.21. The van der Waals surface area contributed by atoms with Crippen LogP contribution in [-0.4, -0.2) is 37.8 Å². The van der Waals surface area contributed by atoms with E-state index in [9.17, 15) is 4.79 Å². The van der Waals surface area contributed by atoms with Crippen molar-refractivity contribution in [2.45, 2.75) is 110 Å². The van der Waals surface area contributed by atoms with E-state index in [1.54, 1.807) is 0 Å². The Labute approximate surface area is 179 Å². The third kappa shape index (κ3) is 22.0. The molecule has 0 heterocycles. The van der Waals surface area contributed by atoms with Crippen LogP contribution in [0.3, 0.4) is 0 Å². The summed E-state index contributed by atoms with van der Waals surface area (Å²) in [6, 6.07) is 0. The van der Waals surface area contributed by atoms with Gasteiger partial charge in [0.1, 0.15) is 20.6 Å². The minimum absolute atomic E-state index is 0. The number of unbranched alkanes of at least 4 members (excludes halogenated alkanes) is 13.